The minimum absolute atomic E-state index is 0.0666. The Bertz CT molecular complexity index is 724. The lowest BCUT2D eigenvalue weighted by molar-refractivity contribution is -0.126. The van der Waals surface area contributed by atoms with E-state index in [1.165, 1.54) is 16.4 Å². The van der Waals surface area contributed by atoms with Crippen LogP contribution in [0.25, 0.3) is 0 Å². The molecule has 1 amide bonds. The van der Waals surface area contributed by atoms with E-state index in [-0.39, 0.29) is 28.3 Å². The fraction of sp³-hybridized carbons (Fsp3) is 0.611. The summed E-state index contributed by atoms with van der Waals surface area (Å²) >= 11 is 6.13. The number of piperidine rings is 1. The van der Waals surface area contributed by atoms with Crippen molar-refractivity contribution in [3.8, 4) is 5.75 Å². The topological polar surface area (TPSA) is 75.7 Å². The molecule has 1 aromatic carbocycles. The van der Waals surface area contributed by atoms with Crippen LogP contribution in [0.1, 0.15) is 39.5 Å². The number of sulfonamides is 1. The van der Waals surface area contributed by atoms with Gasteiger partial charge in [0.25, 0.3) is 0 Å². The monoisotopic (exact) mass is 402 g/mol. The molecule has 146 valence electrons. The quantitative estimate of drug-likeness (QED) is 0.678. The second-order valence-corrected chi connectivity index (χ2v) is 8.72. The first-order chi connectivity index (χ1) is 12.4. The van der Waals surface area contributed by atoms with Crippen LogP contribution in [0.5, 0.6) is 5.75 Å². The Labute approximate surface area is 160 Å². The van der Waals surface area contributed by atoms with Gasteiger partial charge in [-0.15, -0.1) is 0 Å². The van der Waals surface area contributed by atoms with Gasteiger partial charge in [-0.05, 0) is 44.4 Å². The fourth-order valence-corrected chi connectivity index (χ4v) is 4.82. The second kappa shape index (κ2) is 9.58. The maximum Gasteiger partial charge on any atom is 0.243 e. The minimum Gasteiger partial charge on any atom is -0.492 e. The largest absolute Gasteiger partial charge is 0.492 e. The molecule has 26 heavy (non-hydrogen) atoms. The van der Waals surface area contributed by atoms with Gasteiger partial charge in [0.05, 0.1) is 22.4 Å². The Balaban J connectivity index is 2.10. The first kappa shape index (κ1) is 21.0. The highest BCUT2D eigenvalue weighted by Gasteiger charge is 2.33. The van der Waals surface area contributed by atoms with E-state index in [0.717, 1.165) is 12.8 Å². The van der Waals surface area contributed by atoms with E-state index in [2.05, 4.69) is 12.2 Å². The molecule has 1 saturated heterocycles. The predicted octanol–water partition coefficient (Wildman–Crippen LogP) is 3.06. The molecule has 8 heteroatoms. The molecule has 1 fully saturated rings. The third-order valence-corrected chi connectivity index (χ3v) is 6.58. The zero-order chi connectivity index (χ0) is 19.2. The molecular weight excluding hydrogens is 376 g/mol. The van der Waals surface area contributed by atoms with E-state index in [0.29, 0.717) is 38.3 Å². The zero-order valence-electron chi connectivity index (χ0n) is 15.3. The van der Waals surface area contributed by atoms with Crippen molar-refractivity contribution in [1.29, 1.82) is 0 Å². The number of rotatable bonds is 8. The zero-order valence-corrected chi connectivity index (χ0v) is 16.9. The molecular formula is C18H27ClN2O4S. The Morgan fingerprint density at radius 3 is 2.81 bits per heavy atom. The molecule has 0 radical (unpaired) electrons. The van der Waals surface area contributed by atoms with Crippen LogP contribution in [0, 0.1) is 5.92 Å². The van der Waals surface area contributed by atoms with Crippen molar-refractivity contribution in [2.24, 2.45) is 5.92 Å². The predicted molar refractivity (Wildman–Crippen MR) is 102 cm³/mol. The maximum absolute atomic E-state index is 12.9. The van der Waals surface area contributed by atoms with Gasteiger partial charge >= 0.3 is 0 Å². The summed E-state index contributed by atoms with van der Waals surface area (Å²) in [5, 5.41) is 3.16. The molecule has 1 N–H and O–H groups in total. The highest BCUT2D eigenvalue weighted by atomic mass is 35.5. The summed E-state index contributed by atoms with van der Waals surface area (Å²) in [5.41, 5.74) is 0. The van der Waals surface area contributed by atoms with Gasteiger partial charge in [0.1, 0.15) is 5.75 Å². The van der Waals surface area contributed by atoms with Crippen LogP contribution in [0.3, 0.4) is 0 Å². The summed E-state index contributed by atoms with van der Waals surface area (Å²) in [6, 6.07) is 4.47. The summed E-state index contributed by atoms with van der Waals surface area (Å²) in [4.78, 5) is 12.4. The van der Waals surface area contributed by atoms with Gasteiger partial charge in [-0.1, -0.05) is 24.9 Å². The Hall–Kier alpha value is -1.31. The highest BCUT2D eigenvalue weighted by molar-refractivity contribution is 7.89. The molecule has 2 rings (SSSR count). The van der Waals surface area contributed by atoms with Crippen LogP contribution in [-0.4, -0.2) is 44.9 Å². The Morgan fingerprint density at radius 2 is 2.15 bits per heavy atom. The Kier molecular flexibility index (Phi) is 7.73. The van der Waals surface area contributed by atoms with Gasteiger partial charge in [0.2, 0.25) is 15.9 Å². The number of ether oxygens (including phenoxy) is 1. The van der Waals surface area contributed by atoms with Gasteiger partial charge in [-0.25, -0.2) is 8.42 Å². The van der Waals surface area contributed by atoms with Crippen LogP contribution in [-0.2, 0) is 14.8 Å². The van der Waals surface area contributed by atoms with E-state index in [9.17, 15) is 13.2 Å². The number of nitrogens with one attached hydrogen (secondary N) is 1. The lowest BCUT2D eigenvalue weighted by atomic mass is 9.99. The van der Waals surface area contributed by atoms with Crippen molar-refractivity contribution in [2.45, 2.75) is 44.4 Å². The van der Waals surface area contributed by atoms with Crippen LogP contribution in [0.2, 0.25) is 5.02 Å². The molecule has 1 aliphatic heterocycles. The molecule has 1 aliphatic rings. The van der Waals surface area contributed by atoms with E-state index in [4.69, 9.17) is 16.3 Å². The average Bonchev–Trinajstić information content (AvgIpc) is 2.63. The number of amides is 1. The smallest absolute Gasteiger partial charge is 0.243 e. The van der Waals surface area contributed by atoms with Gasteiger partial charge in [-0.3, -0.25) is 4.79 Å². The molecule has 0 unspecified atom stereocenters. The number of unbranched alkanes of at least 4 members (excludes halogenated alkanes) is 1. The first-order valence-electron chi connectivity index (χ1n) is 9.10. The van der Waals surface area contributed by atoms with Crippen molar-refractivity contribution in [1.82, 2.24) is 9.62 Å². The Morgan fingerprint density at radius 1 is 1.38 bits per heavy atom. The van der Waals surface area contributed by atoms with E-state index in [1.807, 2.05) is 6.92 Å². The lowest BCUT2D eigenvalue weighted by Gasteiger charge is -2.31. The van der Waals surface area contributed by atoms with Gasteiger partial charge in [0, 0.05) is 19.6 Å². The van der Waals surface area contributed by atoms with Crippen molar-refractivity contribution >= 4 is 27.5 Å². The fourth-order valence-electron chi connectivity index (χ4n) is 2.97. The number of carbonyl (C=O) groups excluding carboxylic acids is 1. The van der Waals surface area contributed by atoms with Gasteiger partial charge < -0.3 is 10.1 Å². The van der Waals surface area contributed by atoms with Crippen molar-refractivity contribution < 1.29 is 17.9 Å². The summed E-state index contributed by atoms with van der Waals surface area (Å²) < 4.78 is 32.6. The standard InChI is InChI=1S/C18H27ClN2O4S/c1-3-5-10-20-18(22)14-7-6-11-21(13-14)26(23,24)15-8-9-17(25-4-2)16(19)12-15/h8-9,12,14H,3-7,10-11,13H2,1-2H3,(H,20,22)/t14-/m1/s1. The molecule has 0 aliphatic carbocycles. The molecule has 0 bridgehead atoms. The third-order valence-electron chi connectivity index (χ3n) is 4.43. The lowest BCUT2D eigenvalue weighted by Crippen LogP contribution is -2.45. The van der Waals surface area contributed by atoms with Crippen LogP contribution in [0.15, 0.2) is 23.1 Å². The summed E-state index contributed by atoms with van der Waals surface area (Å²) in [7, 11) is -3.69. The SMILES string of the molecule is CCCCNC(=O)[C@@H]1CCCN(S(=O)(=O)c2ccc(OCC)c(Cl)c2)C1. The van der Waals surface area contributed by atoms with Crippen LogP contribution in [0.4, 0.5) is 0 Å². The summed E-state index contributed by atoms with van der Waals surface area (Å²) in [5.74, 6) is 0.0802. The van der Waals surface area contributed by atoms with Crippen molar-refractivity contribution in [3.63, 3.8) is 0 Å². The molecule has 0 spiro atoms. The first-order valence-corrected chi connectivity index (χ1v) is 10.9. The van der Waals surface area contributed by atoms with E-state index < -0.39 is 10.0 Å². The highest BCUT2D eigenvalue weighted by Crippen LogP contribution is 2.30. The second-order valence-electron chi connectivity index (χ2n) is 6.37. The average molecular weight is 403 g/mol. The number of nitrogens with zero attached hydrogens (tertiary/aromatic N) is 1. The van der Waals surface area contributed by atoms with Crippen LogP contribution < -0.4 is 10.1 Å². The van der Waals surface area contributed by atoms with Gasteiger partial charge in [-0.2, -0.15) is 4.31 Å². The molecule has 1 aromatic rings. The van der Waals surface area contributed by atoms with E-state index >= 15 is 0 Å². The molecule has 0 aromatic heterocycles. The summed E-state index contributed by atoms with van der Waals surface area (Å²) in [6.07, 6.45) is 3.29. The van der Waals surface area contributed by atoms with Crippen molar-refractivity contribution in [3.05, 3.63) is 23.2 Å². The molecule has 1 atom stereocenters. The molecule has 1 heterocycles. The van der Waals surface area contributed by atoms with Crippen LogP contribution >= 0.6 is 11.6 Å². The number of hydrogen-bond acceptors (Lipinski definition) is 4. The van der Waals surface area contributed by atoms with Gasteiger partial charge in [0.15, 0.2) is 0 Å². The number of hydrogen-bond donors (Lipinski definition) is 1. The van der Waals surface area contributed by atoms with Crippen molar-refractivity contribution in [2.75, 3.05) is 26.2 Å². The molecule has 6 nitrogen and oxygen atoms in total. The van der Waals surface area contributed by atoms with E-state index in [1.54, 1.807) is 6.07 Å². The number of benzene rings is 1. The molecule has 0 saturated carbocycles. The normalized spacial score (nSPS) is 18.5. The maximum atomic E-state index is 12.9. The third kappa shape index (κ3) is 5.11. The number of halogens is 1. The number of carbonyl (C=O) groups is 1. The summed E-state index contributed by atoms with van der Waals surface area (Å²) in [6.45, 7) is 5.58. The minimum atomic E-state index is -3.69.